The molecule has 7 unspecified atom stereocenters. The standard InChI is InChI=1S/C42H53NO5/c43-27-11-19-31-18-9-21-33-36(31)38(45)48-42(33)35(24-23-28-12-2-1-3-13-28)40-25-6-7-26-41(40,42)37(47-39(40)46)34(44)22-10-17-30-16-8-15-29-14-4-5-20-32(29)30/h4-6,9,14,18,20-21,25,28-30,32,35,44H,1-3,7-8,10-13,15-17,19,22-24,26-27,43H2. The van der Waals surface area contributed by atoms with E-state index >= 15 is 0 Å². The van der Waals surface area contributed by atoms with Gasteiger partial charge in [-0.25, -0.2) is 4.79 Å². The Morgan fingerprint density at radius 3 is 2.67 bits per heavy atom. The summed E-state index contributed by atoms with van der Waals surface area (Å²) in [5, 5.41) is 12.0. The highest BCUT2D eigenvalue weighted by atomic mass is 16.6. The summed E-state index contributed by atoms with van der Waals surface area (Å²) in [4.78, 5) is 28.5. The number of allylic oxidation sites excluding steroid dienone is 6. The number of rotatable bonds is 10. The number of cyclic esters (lactones) is 1. The number of hydrogen-bond acceptors (Lipinski definition) is 6. The second kappa shape index (κ2) is 12.6. The number of aliphatic hydroxyl groups excluding tert-OH is 1. The maximum atomic E-state index is 14.4. The fourth-order valence-electron chi connectivity index (χ4n) is 11.8. The van der Waals surface area contributed by atoms with Gasteiger partial charge in [0.2, 0.25) is 0 Å². The van der Waals surface area contributed by atoms with Crippen molar-refractivity contribution in [1.29, 1.82) is 0 Å². The molecule has 5 aliphatic carbocycles. The molecule has 7 aliphatic rings. The lowest BCUT2D eigenvalue weighted by atomic mass is 9.31. The maximum absolute atomic E-state index is 14.4. The van der Waals surface area contributed by atoms with Crippen LogP contribution in [-0.2, 0) is 26.3 Å². The number of nitrogens with two attached hydrogens (primary N) is 1. The van der Waals surface area contributed by atoms with Crippen LogP contribution in [0.1, 0.15) is 124 Å². The molecule has 1 aromatic carbocycles. The first kappa shape index (κ1) is 32.1. The number of benzene rings is 1. The highest BCUT2D eigenvalue weighted by Gasteiger charge is 2.91. The molecule has 0 amide bonds. The Morgan fingerprint density at radius 1 is 0.958 bits per heavy atom. The molecule has 6 heteroatoms. The molecule has 1 spiro atoms. The van der Waals surface area contributed by atoms with E-state index in [2.05, 4.69) is 42.5 Å². The maximum Gasteiger partial charge on any atom is 0.339 e. The van der Waals surface area contributed by atoms with E-state index in [4.69, 9.17) is 15.2 Å². The van der Waals surface area contributed by atoms with Crippen molar-refractivity contribution in [2.45, 2.75) is 115 Å². The van der Waals surface area contributed by atoms with Crippen molar-refractivity contribution in [2.75, 3.05) is 6.54 Å². The number of carbonyl (C=O) groups is 2. The van der Waals surface area contributed by atoms with Crippen LogP contribution in [0.25, 0.3) is 0 Å². The summed E-state index contributed by atoms with van der Waals surface area (Å²) in [6.45, 7) is 0.546. The molecule has 1 saturated heterocycles. The van der Waals surface area contributed by atoms with E-state index in [1.807, 2.05) is 12.1 Å². The topological polar surface area (TPSA) is 98.9 Å². The fourth-order valence-corrected chi connectivity index (χ4v) is 11.8. The number of ether oxygens (including phenoxy) is 2. The Kier molecular flexibility index (Phi) is 8.46. The average Bonchev–Trinajstić information content (AvgIpc) is 3.57. The van der Waals surface area contributed by atoms with Crippen LogP contribution in [0.15, 0.2) is 66.2 Å². The first-order valence-electron chi connectivity index (χ1n) is 19.2. The number of aliphatic hydroxyl groups is 1. The van der Waals surface area contributed by atoms with Gasteiger partial charge in [0.15, 0.2) is 11.4 Å². The predicted molar refractivity (Wildman–Crippen MR) is 186 cm³/mol. The van der Waals surface area contributed by atoms with E-state index in [9.17, 15) is 14.7 Å². The molecule has 0 aromatic heterocycles. The Morgan fingerprint density at radius 2 is 1.81 bits per heavy atom. The molecule has 0 radical (unpaired) electrons. The summed E-state index contributed by atoms with van der Waals surface area (Å²) in [7, 11) is 0. The molecular formula is C42H53NO5. The van der Waals surface area contributed by atoms with Crippen molar-refractivity contribution < 1.29 is 24.2 Å². The third kappa shape index (κ3) is 4.53. The molecule has 3 N–H and O–H groups in total. The van der Waals surface area contributed by atoms with Gasteiger partial charge in [-0.2, -0.15) is 0 Å². The number of carbonyl (C=O) groups excluding carboxylic acids is 2. The molecule has 256 valence electrons. The van der Waals surface area contributed by atoms with Gasteiger partial charge >= 0.3 is 11.9 Å². The lowest BCUT2D eigenvalue weighted by Crippen LogP contribution is -2.75. The van der Waals surface area contributed by atoms with Crippen molar-refractivity contribution in [3.63, 3.8) is 0 Å². The van der Waals surface area contributed by atoms with E-state index < -0.39 is 16.4 Å². The van der Waals surface area contributed by atoms with Crippen LogP contribution in [0.3, 0.4) is 0 Å². The second-order valence-electron chi connectivity index (χ2n) is 16.0. The van der Waals surface area contributed by atoms with Crippen LogP contribution >= 0.6 is 0 Å². The highest BCUT2D eigenvalue weighted by Crippen LogP contribution is 2.84. The van der Waals surface area contributed by atoms with Crippen molar-refractivity contribution in [1.82, 2.24) is 0 Å². The third-order valence-corrected chi connectivity index (χ3v) is 13.8. The smallest absolute Gasteiger partial charge is 0.339 e. The first-order chi connectivity index (χ1) is 23.5. The van der Waals surface area contributed by atoms with Crippen molar-refractivity contribution >= 4 is 11.9 Å². The quantitative estimate of drug-likeness (QED) is 0.149. The van der Waals surface area contributed by atoms with Gasteiger partial charge in [-0.15, -0.1) is 0 Å². The Hall–Kier alpha value is -3.12. The van der Waals surface area contributed by atoms with Gasteiger partial charge < -0.3 is 20.3 Å². The van der Waals surface area contributed by atoms with E-state index in [1.165, 1.54) is 51.4 Å². The zero-order chi connectivity index (χ0) is 32.9. The normalized spacial score (nSPS) is 37.4. The molecule has 6 nitrogen and oxygen atoms in total. The van der Waals surface area contributed by atoms with Crippen molar-refractivity contribution in [3.8, 4) is 0 Å². The molecule has 2 heterocycles. The fraction of sp³-hybridized carbons (Fsp3) is 0.619. The van der Waals surface area contributed by atoms with Gasteiger partial charge in [0.1, 0.15) is 11.2 Å². The predicted octanol–water partition coefficient (Wildman–Crippen LogP) is 8.91. The molecule has 1 aromatic rings. The molecule has 7 atom stereocenters. The highest BCUT2D eigenvalue weighted by molar-refractivity contribution is 5.99. The summed E-state index contributed by atoms with van der Waals surface area (Å²) in [5.74, 6) is 2.12. The van der Waals surface area contributed by atoms with E-state index in [-0.39, 0.29) is 23.6 Å². The number of esters is 2. The minimum Gasteiger partial charge on any atom is -0.509 e. The van der Waals surface area contributed by atoms with Crippen LogP contribution < -0.4 is 5.73 Å². The molecule has 8 rings (SSSR count). The van der Waals surface area contributed by atoms with Gasteiger partial charge in [0.05, 0.1) is 11.0 Å². The lowest BCUT2D eigenvalue weighted by Gasteiger charge is -2.68. The van der Waals surface area contributed by atoms with Crippen molar-refractivity contribution in [2.24, 2.45) is 46.2 Å². The van der Waals surface area contributed by atoms with Gasteiger partial charge in [0.25, 0.3) is 0 Å². The van der Waals surface area contributed by atoms with E-state index in [0.717, 1.165) is 49.7 Å². The minimum atomic E-state index is -1.05. The monoisotopic (exact) mass is 651 g/mol. The van der Waals surface area contributed by atoms with Crippen LogP contribution in [0.5, 0.6) is 0 Å². The lowest BCUT2D eigenvalue weighted by molar-refractivity contribution is -0.272. The number of aryl methyl sites for hydroxylation is 1. The zero-order valence-electron chi connectivity index (χ0n) is 28.5. The molecule has 4 fully saturated rings. The minimum absolute atomic E-state index is 0.167. The molecule has 2 aliphatic heterocycles. The second-order valence-corrected chi connectivity index (χ2v) is 16.0. The van der Waals surface area contributed by atoms with Gasteiger partial charge in [0, 0.05) is 17.9 Å². The SMILES string of the molecule is NCCCc1cccc2c1C(=O)OC21C(CCC2CCCCC2)C23C=CCCC21C(=C(O)CCCC1CCCC2C=CC=CC21)OC3=O. The van der Waals surface area contributed by atoms with Crippen molar-refractivity contribution in [3.05, 3.63) is 82.9 Å². The van der Waals surface area contributed by atoms with Gasteiger partial charge in [-0.3, -0.25) is 4.79 Å². The Labute approximate surface area is 285 Å². The van der Waals surface area contributed by atoms with Crippen LogP contribution in [-0.4, -0.2) is 23.6 Å². The Balaban J connectivity index is 1.17. The summed E-state index contributed by atoms with van der Waals surface area (Å²) in [6.07, 6.45) is 30.2. The molecule has 3 saturated carbocycles. The third-order valence-electron chi connectivity index (χ3n) is 13.8. The van der Waals surface area contributed by atoms with E-state index in [0.29, 0.717) is 60.8 Å². The first-order valence-corrected chi connectivity index (χ1v) is 19.2. The summed E-state index contributed by atoms with van der Waals surface area (Å²) in [6, 6.07) is 6.11. The van der Waals surface area contributed by atoms with Crippen LogP contribution in [0.4, 0.5) is 0 Å². The Bertz CT molecular complexity index is 1570. The molecular weight excluding hydrogens is 598 g/mol. The average molecular weight is 652 g/mol. The van der Waals surface area contributed by atoms with Gasteiger partial charge in [-0.05, 0) is 100.0 Å². The van der Waals surface area contributed by atoms with E-state index in [1.54, 1.807) is 0 Å². The number of hydrogen-bond donors (Lipinski definition) is 2. The zero-order valence-corrected chi connectivity index (χ0v) is 28.5. The molecule has 48 heavy (non-hydrogen) atoms. The largest absolute Gasteiger partial charge is 0.509 e. The summed E-state index contributed by atoms with van der Waals surface area (Å²) >= 11 is 0. The molecule has 0 bridgehead atoms. The van der Waals surface area contributed by atoms with Gasteiger partial charge in [-0.1, -0.05) is 93.2 Å². The number of fused-ring (bicyclic) bond motifs is 3. The summed E-state index contributed by atoms with van der Waals surface area (Å²) in [5.41, 5.74) is 5.44. The summed E-state index contributed by atoms with van der Waals surface area (Å²) < 4.78 is 13.1. The van der Waals surface area contributed by atoms with Crippen LogP contribution in [0.2, 0.25) is 0 Å². The van der Waals surface area contributed by atoms with Crippen LogP contribution in [0, 0.1) is 40.4 Å².